The third-order valence-corrected chi connectivity index (χ3v) is 5.48. The van der Waals surface area contributed by atoms with Crippen LogP contribution in [0.4, 0.5) is 0 Å². The van der Waals surface area contributed by atoms with Crippen molar-refractivity contribution in [3.8, 4) is 0 Å². The van der Waals surface area contributed by atoms with Crippen molar-refractivity contribution >= 4 is 10.0 Å². The van der Waals surface area contributed by atoms with Gasteiger partial charge in [0.1, 0.15) is 0 Å². The van der Waals surface area contributed by atoms with Gasteiger partial charge >= 0.3 is 0 Å². The molecule has 19 heavy (non-hydrogen) atoms. The van der Waals surface area contributed by atoms with Gasteiger partial charge in [-0.15, -0.1) is 0 Å². The molecule has 2 rings (SSSR count). The molecule has 1 N–H and O–H groups in total. The standard InChI is InChI=1S/C13H20N2O3S/c1-11-5-3-2-4-8-15(11)19(17,18)13-7-6-12(10-16)9-14-13/h6-7,9,11,16H,2-5,8,10H2,1H3. The van der Waals surface area contributed by atoms with Crippen LogP contribution in [0.3, 0.4) is 0 Å². The fraction of sp³-hybridized carbons (Fsp3) is 0.615. The van der Waals surface area contributed by atoms with Crippen LogP contribution >= 0.6 is 0 Å². The molecule has 1 fully saturated rings. The Morgan fingerprint density at radius 2 is 2.16 bits per heavy atom. The topological polar surface area (TPSA) is 70.5 Å². The second-order valence-corrected chi connectivity index (χ2v) is 6.81. The van der Waals surface area contributed by atoms with Crippen molar-refractivity contribution in [3.63, 3.8) is 0 Å². The van der Waals surface area contributed by atoms with E-state index >= 15 is 0 Å². The molecule has 0 saturated carbocycles. The van der Waals surface area contributed by atoms with E-state index in [0.29, 0.717) is 12.1 Å². The van der Waals surface area contributed by atoms with E-state index in [-0.39, 0.29) is 17.7 Å². The van der Waals surface area contributed by atoms with Gasteiger partial charge in [0.05, 0.1) is 6.61 Å². The van der Waals surface area contributed by atoms with Crippen LogP contribution < -0.4 is 0 Å². The molecule has 5 nitrogen and oxygen atoms in total. The normalized spacial score (nSPS) is 22.1. The van der Waals surface area contributed by atoms with Crippen LogP contribution in [-0.4, -0.2) is 35.4 Å². The van der Waals surface area contributed by atoms with Gasteiger partial charge in [0.25, 0.3) is 10.0 Å². The summed E-state index contributed by atoms with van der Waals surface area (Å²) in [7, 11) is -3.52. The van der Waals surface area contributed by atoms with Crippen molar-refractivity contribution in [3.05, 3.63) is 23.9 Å². The van der Waals surface area contributed by atoms with Crippen molar-refractivity contribution in [1.29, 1.82) is 0 Å². The van der Waals surface area contributed by atoms with E-state index < -0.39 is 10.0 Å². The van der Waals surface area contributed by atoms with E-state index in [1.807, 2.05) is 6.92 Å². The van der Waals surface area contributed by atoms with Crippen LogP contribution in [0, 0.1) is 0 Å². The van der Waals surface area contributed by atoms with Gasteiger partial charge in [-0.3, -0.25) is 0 Å². The smallest absolute Gasteiger partial charge is 0.260 e. The summed E-state index contributed by atoms with van der Waals surface area (Å²) >= 11 is 0. The lowest BCUT2D eigenvalue weighted by atomic mass is 10.1. The molecule has 0 radical (unpaired) electrons. The molecule has 106 valence electrons. The van der Waals surface area contributed by atoms with Gasteiger partial charge < -0.3 is 5.11 Å². The molecule has 1 aromatic rings. The molecular weight excluding hydrogens is 264 g/mol. The first kappa shape index (κ1) is 14.4. The third kappa shape index (κ3) is 3.13. The first-order chi connectivity index (χ1) is 9.05. The summed E-state index contributed by atoms with van der Waals surface area (Å²) in [4.78, 5) is 3.97. The average Bonchev–Trinajstić information content (AvgIpc) is 2.64. The number of sulfonamides is 1. The SMILES string of the molecule is CC1CCCCCN1S(=O)(=O)c1ccc(CO)cn1. The fourth-order valence-corrected chi connectivity index (χ4v) is 4.00. The Morgan fingerprint density at radius 3 is 2.79 bits per heavy atom. The quantitative estimate of drug-likeness (QED) is 0.913. The maximum absolute atomic E-state index is 12.6. The predicted molar refractivity (Wildman–Crippen MR) is 72.0 cm³/mol. The Morgan fingerprint density at radius 1 is 1.37 bits per heavy atom. The zero-order chi connectivity index (χ0) is 13.9. The van der Waals surface area contributed by atoms with Crippen molar-refractivity contribution in [2.75, 3.05) is 6.54 Å². The second kappa shape index (κ2) is 5.98. The number of hydrogen-bond donors (Lipinski definition) is 1. The molecule has 0 aliphatic carbocycles. The lowest BCUT2D eigenvalue weighted by Gasteiger charge is -2.25. The zero-order valence-electron chi connectivity index (χ0n) is 11.1. The minimum Gasteiger partial charge on any atom is -0.392 e. The highest BCUT2D eigenvalue weighted by Gasteiger charge is 2.30. The van der Waals surface area contributed by atoms with E-state index in [0.717, 1.165) is 25.7 Å². The van der Waals surface area contributed by atoms with Crippen molar-refractivity contribution < 1.29 is 13.5 Å². The summed E-state index contributed by atoms with van der Waals surface area (Å²) in [6.45, 7) is 2.38. The molecule has 0 bridgehead atoms. The molecule has 1 saturated heterocycles. The molecule has 0 amide bonds. The van der Waals surface area contributed by atoms with Crippen molar-refractivity contribution in [1.82, 2.24) is 9.29 Å². The minimum atomic E-state index is -3.52. The van der Waals surface area contributed by atoms with Gasteiger partial charge in [-0.25, -0.2) is 13.4 Å². The van der Waals surface area contributed by atoms with Crippen LogP contribution in [0.2, 0.25) is 0 Å². The maximum Gasteiger partial charge on any atom is 0.260 e. The van der Waals surface area contributed by atoms with Gasteiger partial charge in [0, 0.05) is 18.8 Å². The summed E-state index contributed by atoms with van der Waals surface area (Å²) in [6, 6.07) is 3.09. The van der Waals surface area contributed by atoms with Crippen LogP contribution in [-0.2, 0) is 16.6 Å². The fourth-order valence-electron chi connectivity index (χ4n) is 2.38. The predicted octanol–water partition coefficient (Wildman–Crippen LogP) is 1.53. The summed E-state index contributed by atoms with van der Waals surface area (Å²) < 4.78 is 26.7. The lowest BCUT2D eigenvalue weighted by Crippen LogP contribution is -2.38. The third-order valence-electron chi connectivity index (χ3n) is 3.55. The van der Waals surface area contributed by atoms with Crippen LogP contribution in [0.5, 0.6) is 0 Å². The summed E-state index contributed by atoms with van der Waals surface area (Å²) in [5.74, 6) is 0. The van der Waals surface area contributed by atoms with E-state index in [1.54, 1.807) is 10.4 Å². The number of aliphatic hydroxyl groups is 1. The van der Waals surface area contributed by atoms with Crippen LogP contribution in [0.25, 0.3) is 0 Å². The Bertz CT molecular complexity index is 513. The van der Waals surface area contributed by atoms with Gasteiger partial charge in [0.15, 0.2) is 5.03 Å². The Kier molecular flexibility index (Phi) is 4.54. The van der Waals surface area contributed by atoms with Gasteiger partial charge in [-0.05, 0) is 31.4 Å². The Labute approximate surface area is 114 Å². The van der Waals surface area contributed by atoms with Crippen molar-refractivity contribution in [2.24, 2.45) is 0 Å². The monoisotopic (exact) mass is 284 g/mol. The largest absolute Gasteiger partial charge is 0.392 e. The Hall–Kier alpha value is -0.980. The summed E-state index contributed by atoms with van der Waals surface area (Å²) in [5, 5.41) is 9.03. The highest BCUT2D eigenvalue weighted by Crippen LogP contribution is 2.23. The molecule has 1 aromatic heterocycles. The molecule has 0 spiro atoms. The van der Waals surface area contributed by atoms with Crippen LogP contribution in [0.15, 0.2) is 23.4 Å². The molecule has 1 aliphatic rings. The molecule has 6 heteroatoms. The number of aromatic nitrogens is 1. The lowest BCUT2D eigenvalue weighted by molar-refractivity contribution is 0.281. The van der Waals surface area contributed by atoms with Crippen molar-refractivity contribution in [2.45, 2.75) is 50.3 Å². The molecule has 2 heterocycles. The second-order valence-electron chi connectivity index (χ2n) is 4.98. The molecule has 0 aromatic carbocycles. The maximum atomic E-state index is 12.6. The molecule has 1 atom stereocenters. The first-order valence-electron chi connectivity index (χ1n) is 6.63. The van der Waals surface area contributed by atoms with Gasteiger partial charge in [-0.2, -0.15) is 4.31 Å². The zero-order valence-corrected chi connectivity index (χ0v) is 11.9. The van der Waals surface area contributed by atoms with Gasteiger partial charge in [-0.1, -0.05) is 18.9 Å². The van der Waals surface area contributed by atoms with Gasteiger partial charge in [0.2, 0.25) is 0 Å². The van der Waals surface area contributed by atoms with E-state index in [2.05, 4.69) is 4.98 Å². The van der Waals surface area contributed by atoms with E-state index in [4.69, 9.17) is 5.11 Å². The highest BCUT2D eigenvalue weighted by molar-refractivity contribution is 7.89. The number of hydrogen-bond acceptors (Lipinski definition) is 4. The van der Waals surface area contributed by atoms with E-state index in [1.165, 1.54) is 12.3 Å². The molecule has 1 aliphatic heterocycles. The van der Waals surface area contributed by atoms with E-state index in [9.17, 15) is 8.42 Å². The number of pyridine rings is 1. The number of aliphatic hydroxyl groups excluding tert-OH is 1. The molecule has 1 unspecified atom stereocenters. The highest BCUT2D eigenvalue weighted by atomic mass is 32.2. The summed E-state index contributed by atoms with van der Waals surface area (Å²) in [6.07, 6.45) is 5.36. The number of rotatable bonds is 3. The number of nitrogens with zero attached hydrogens (tertiary/aromatic N) is 2. The van der Waals surface area contributed by atoms with Crippen LogP contribution in [0.1, 0.15) is 38.2 Å². The molecular formula is C13H20N2O3S. The first-order valence-corrected chi connectivity index (χ1v) is 8.07. The summed E-state index contributed by atoms with van der Waals surface area (Å²) in [5.41, 5.74) is 0.614. The minimum absolute atomic E-state index is 0.0202. The Balaban J connectivity index is 2.29. The average molecular weight is 284 g/mol.